The third-order valence-corrected chi connectivity index (χ3v) is 3.51. The molecule has 1 aromatic heterocycles. The highest BCUT2D eigenvalue weighted by Crippen LogP contribution is 2.33. The van der Waals surface area contributed by atoms with Crippen LogP contribution in [0.5, 0.6) is 0 Å². The Morgan fingerprint density at radius 2 is 2.35 bits per heavy atom. The Bertz CT molecular complexity index is 569. The van der Waals surface area contributed by atoms with Crippen LogP contribution < -0.4 is 5.32 Å². The monoisotopic (exact) mass is 254 g/mol. The topological polar surface area (TPSA) is 38.1 Å². The van der Waals surface area contributed by atoms with Gasteiger partial charge in [0.05, 0.1) is 11.1 Å². The zero-order chi connectivity index (χ0) is 12.0. The van der Waals surface area contributed by atoms with E-state index in [0.29, 0.717) is 22.9 Å². The molecule has 3 nitrogen and oxygen atoms in total. The number of nitrogens with zero attached hydrogens (tertiary/aromatic N) is 1. The molecule has 1 aromatic carbocycles. The van der Waals surface area contributed by atoms with Crippen LogP contribution in [0.2, 0.25) is 5.02 Å². The average Bonchev–Trinajstić information content (AvgIpc) is 2.83. The van der Waals surface area contributed by atoms with Crippen LogP contribution in [0.3, 0.4) is 0 Å². The van der Waals surface area contributed by atoms with Crippen molar-refractivity contribution in [3.63, 3.8) is 0 Å². The molecular weight excluding hydrogens is 243 g/mol. The minimum atomic E-state index is -0.394. The molecule has 0 spiro atoms. The van der Waals surface area contributed by atoms with Crippen molar-refractivity contribution >= 4 is 22.7 Å². The Hall–Kier alpha value is -1.13. The van der Waals surface area contributed by atoms with E-state index in [-0.39, 0.29) is 11.1 Å². The van der Waals surface area contributed by atoms with Crippen LogP contribution in [0.15, 0.2) is 16.5 Å². The largest absolute Gasteiger partial charge is 0.437 e. The van der Waals surface area contributed by atoms with Gasteiger partial charge in [0.15, 0.2) is 5.58 Å². The summed E-state index contributed by atoms with van der Waals surface area (Å²) in [5, 5.41) is 3.59. The summed E-state index contributed by atoms with van der Waals surface area (Å²) in [6.07, 6.45) is 1.09. The lowest BCUT2D eigenvalue weighted by Crippen LogP contribution is -2.16. The van der Waals surface area contributed by atoms with Gasteiger partial charge in [0.2, 0.25) is 5.89 Å². The Morgan fingerprint density at radius 3 is 3.06 bits per heavy atom. The number of rotatable bonds is 1. The zero-order valence-corrected chi connectivity index (χ0v) is 10.1. The van der Waals surface area contributed by atoms with Crippen molar-refractivity contribution in [2.24, 2.45) is 5.92 Å². The molecule has 1 aliphatic rings. The number of nitrogens with one attached hydrogen (secondary N) is 1. The van der Waals surface area contributed by atoms with Gasteiger partial charge in [-0.05, 0) is 24.9 Å². The average molecular weight is 255 g/mol. The highest BCUT2D eigenvalue weighted by atomic mass is 35.5. The van der Waals surface area contributed by atoms with Crippen LogP contribution in [0.25, 0.3) is 11.1 Å². The number of hydrogen-bond acceptors (Lipinski definition) is 3. The summed E-state index contributed by atoms with van der Waals surface area (Å²) in [5.41, 5.74) is 0.940. The molecule has 0 aliphatic carbocycles. The summed E-state index contributed by atoms with van der Waals surface area (Å²) >= 11 is 5.92. The molecule has 17 heavy (non-hydrogen) atoms. The predicted molar refractivity (Wildman–Crippen MR) is 63.5 cm³/mol. The molecule has 1 N–H and O–H groups in total. The van der Waals surface area contributed by atoms with Gasteiger partial charge in [-0.3, -0.25) is 0 Å². The second kappa shape index (κ2) is 3.96. The molecule has 2 unspecified atom stereocenters. The second-order valence-corrected chi connectivity index (χ2v) is 4.89. The molecule has 0 radical (unpaired) electrons. The normalized spacial score (nSPS) is 24.6. The van der Waals surface area contributed by atoms with E-state index in [2.05, 4.69) is 17.2 Å². The fourth-order valence-electron chi connectivity index (χ4n) is 2.28. The lowest BCUT2D eigenvalue weighted by molar-refractivity contribution is 0.394. The van der Waals surface area contributed by atoms with Crippen LogP contribution in [-0.4, -0.2) is 11.5 Å². The van der Waals surface area contributed by atoms with Crippen molar-refractivity contribution in [2.45, 2.75) is 19.4 Å². The maximum atomic E-state index is 13.2. The van der Waals surface area contributed by atoms with Gasteiger partial charge in [-0.2, -0.15) is 0 Å². The Balaban J connectivity index is 2.10. The zero-order valence-electron chi connectivity index (χ0n) is 9.34. The summed E-state index contributed by atoms with van der Waals surface area (Å²) in [6.45, 7) is 3.09. The van der Waals surface area contributed by atoms with Gasteiger partial charge in [0.25, 0.3) is 0 Å². The Morgan fingerprint density at radius 1 is 1.53 bits per heavy atom. The smallest absolute Gasteiger partial charge is 0.212 e. The van der Waals surface area contributed by atoms with E-state index in [1.807, 2.05) is 0 Å². The summed E-state index contributed by atoms with van der Waals surface area (Å²) in [5.74, 6) is 0.666. The number of benzene rings is 1. The molecule has 0 bridgehead atoms. The molecule has 90 valence electrons. The van der Waals surface area contributed by atoms with E-state index < -0.39 is 5.82 Å². The number of oxazole rings is 1. The quantitative estimate of drug-likeness (QED) is 0.849. The maximum absolute atomic E-state index is 13.2. The number of aromatic nitrogens is 1. The first-order valence-electron chi connectivity index (χ1n) is 5.64. The second-order valence-electron chi connectivity index (χ2n) is 4.49. The van der Waals surface area contributed by atoms with Gasteiger partial charge < -0.3 is 9.73 Å². The van der Waals surface area contributed by atoms with Gasteiger partial charge in [0.1, 0.15) is 11.3 Å². The van der Waals surface area contributed by atoms with Crippen LogP contribution in [0.1, 0.15) is 25.3 Å². The van der Waals surface area contributed by atoms with Gasteiger partial charge in [0, 0.05) is 6.07 Å². The van der Waals surface area contributed by atoms with Crippen LogP contribution in [-0.2, 0) is 0 Å². The highest BCUT2D eigenvalue weighted by molar-refractivity contribution is 6.34. The van der Waals surface area contributed by atoms with Gasteiger partial charge >= 0.3 is 0 Å². The van der Waals surface area contributed by atoms with Crippen molar-refractivity contribution in [3.8, 4) is 0 Å². The van der Waals surface area contributed by atoms with Crippen LogP contribution >= 0.6 is 11.6 Å². The fraction of sp³-hybridized carbons (Fsp3) is 0.417. The van der Waals surface area contributed by atoms with Crippen molar-refractivity contribution in [1.29, 1.82) is 0 Å². The van der Waals surface area contributed by atoms with E-state index in [9.17, 15) is 4.39 Å². The molecule has 1 fully saturated rings. The first-order chi connectivity index (χ1) is 8.15. The van der Waals surface area contributed by atoms with E-state index in [1.54, 1.807) is 0 Å². The molecule has 1 saturated heterocycles. The SMILES string of the molecule is CC1CCNC1c1nc2cc(F)cc(Cl)c2o1. The molecule has 1 aliphatic heterocycles. The number of fused-ring (bicyclic) bond motifs is 1. The third-order valence-electron chi connectivity index (χ3n) is 3.23. The highest BCUT2D eigenvalue weighted by Gasteiger charge is 2.29. The summed E-state index contributed by atoms with van der Waals surface area (Å²) in [6, 6.07) is 2.68. The molecule has 2 atom stereocenters. The first kappa shape index (κ1) is 11.0. The van der Waals surface area contributed by atoms with Crippen molar-refractivity contribution in [1.82, 2.24) is 10.3 Å². The minimum Gasteiger partial charge on any atom is -0.437 e. The first-order valence-corrected chi connectivity index (χ1v) is 6.02. The molecular formula is C12H12ClFN2O. The van der Waals surface area contributed by atoms with Crippen molar-refractivity contribution in [3.05, 3.63) is 28.9 Å². The summed E-state index contributed by atoms with van der Waals surface area (Å²) in [7, 11) is 0. The van der Waals surface area contributed by atoms with Crippen molar-refractivity contribution in [2.75, 3.05) is 6.54 Å². The lowest BCUT2D eigenvalue weighted by atomic mass is 10.0. The predicted octanol–water partition coefficient (Wildman–Crippen LogP) is 3.29. The Labute approximate surface area is 103 Å². The summed E-state index contributed by atoms with van der Waals surface area (Å²) < 4.78 is 18.8. The minimum absolute atomic E-state index is 0.0986. The van der Waals surface area contributed by atoms with E-state index in [4.69, 9.17) is 16.0 Å². The fourth-order valence-corrected chi connectivity index (χ4v) is 2.51. The van der Waals surface area contributed by atoms with Gasteiger partial charge in [-0.1, -0.05) is 18.5 Å². The molecule has 0 amide bonds. The molecule has 2 heterocycles. The van der Waals surface area contributed by atoms with E-state index >= 15 is 0 Å². The van der Waals surface area contributed by atoms with Crippen LogP contribution in [0, 0.1) is 11.7 Å². The van der Waals surface area contributed by atoms with Crippen molar-refractivity contribution < 1.29 is 8.81 Å². The number of halogens is 2. The lowest BCUT2D eigenvalue weighted by Gasteiger charge is -2.10. The molecule has 5 heteroatoms. The van der Waals surface area contributed by atoms with E-state index in [1.165, 1.54) is 12.1 Å². The molecule has 3 rings (SSSR count). The van der Waals surface area contributed by atoms with E-state index in [0.717, 1.165) is 13.0 Å². The Kier molecular flexibility index (Phi) is 2.56. The molecule has 2 aromatic rings. The third kappa shape index (κ3) is 1.81. The standard InChI is InChI=1S/C12H12ClFN2O/c1-6-2-3-15-10(6)12-16-9-5-7(14)4-8(13)11(9)17-12/h4-6,10,15H,2-3H2,1H3. The van der Waals surface area contributed by atoms with Crippen LogP contribution in [0.4, 0.5) is 4.39 Å². The maximum Gasteiger partial charge on any atom is 0.212 e. The van der Waals surface area contributed by atoms with Gasteiger partial charge in [-0.15, -0.1) is 0 Å². The van der Waals surface area contributed by atoms with Gasteiger partial charge in [-0.25, -0.2) is 9.37 Å². The molecule has 0 saturated carbocycles. The number of hydrogen-bond donors (Lipinski definition) is 1. The summed E-state index contributed by atoms with van der Waals surface area (Å²) in [4.78, 5) is 4.31.